The molecule has 3 unspecified atom stereocenters. The molecule has 0 aliphatic carbocycles. The van der Waals surface area contributed by atoms with Crippen LogP contribution in [-0.4, -0.2) is 25.7 Å². The fourth-order valence-electron chi connectivity index (χ4n) is 0.917. The van der Waals surface area contributed by atoms with E-state index in [2.05, 4.69) is 11.8 Å². The molecule has 0 aromatic carbocycles. The maximum absolute atomic E-state index is 5.27. The molecular formula is C11H28N2O3. The maximum atomic E-state index is 5.27. The van der Waals surface area contributed by atoms with E-state index in [4.69, 9.17) is 21.1 Å². The van der Waals surface area contributed by atoms with Crippen molar-refractivity contribution in [3.63, 3.8) is 0 Å². The second-order valence-corrected chi connectivity index (χ2v) is 3.73. The largest absolute Gasteiger partial charge is 0.356 e. The number of hydrogen-bond donors (Lipinski definition) is 2. The summed E-state index contributed by atoms with van der Waals surface area (Å²) in [6.45, 7) is 7.69. The molecule has 0 fully saturated rings. The minimum Gasteiger partial charge on any atom is -0.356 e. The number of hydrogen-bond acceptors (Lipinski definition) is 5. The normalized spacial score (nSPS) is 15.9. The highest BCUT2D eigenvalue weighted by molar-refractivity contribution is 4.46. The summed E-state index contributed by atoms with van der Waals surface area (Å²) in [7, 11) is 1.58. The highest BCUT2D eigenvalue weighted by atomic mass is 16.7. The van der Waals surface area contributed by atoms with Gasteiger partial charge in [-0.2, -0.15) is 0 Å². The molecule has 0 aromatic heterocycles. The Bertz CT molecular complexity index is 134. The summed E-state index contributed by atoms with van der Waals surface area (Å²) in [5, 5.41) is 0. The average molecular weight is 236 g/mol. The van der Waals surface area contributed by atoms with Crippen LogP contribution in [0.4, 0.5) is 0 Å². The van der Waals surface area contributed by atoms with E-state index in [0.717, 1.165) is 6.42 Å². The van der Waals surface area contributed by atoms with Crippen LogP contribution in [0.3, 0.4) is 0 Å². The third kappa shape index (κ3) is 16.2. The molecule has 0 heterocycles. The lowest BCUT2D eigenvalue weighted by Gasteiger charge is -2.12. The van der Waals surface area contributed by atoms with Gasteiger partial charge in [0.05, 0.1) is 6.10 Å². The van der Waals surface area contributed by atoms with E-state index in [1.54, 1.807) is 21.0 Å². The molecule has 0 bridgehead atoms. The van der Waals surface area contributed by atoms with Crippen molar-refractivity contribution in [2.24, 2.45) is 11.6 Å². The zero-order valence-corrected chi connectivity index (χ0v) is 11.2. The molecule has 0 spiro atoms. The predicted octanol–water partition coefficient (Wildman–Crippen LogP) is 1.76. The van der Waals surface area contributed by atoms with Gasteiger partial charge in [0.1, 0.15) is 6.23 Å². The van der Waals surface area contributed by atoms with Gasteiger partial charge in [-0.1, -0.05) is 19.8 Å². The van der Waals surface area contributed by atoms with E-state index in [-0.39, 0.29) is 18.6 Å². The van der Waals surface area contributed by atoms with Crippen molar-refractivity contribution in [3.8, 4) is 0 Å². The Morgan fingerprint density at radius 3 is 2.00 bits per heavy atom. The van der Waals surface area contributed by atoms with Gasteiger partial charge in [-0.25, -0.2) is 5.90 Å². The first kappa shape index (κ1) is 18.2. The number of unbranched alkanes of at least 4 members (excludes halogenated alkanes) is 1. The Kier molecular flexibility index (Phi) is 14.6. The summed E-state index contributed by atoms with van der Waals surface area (Å²) in [5.41, 5.74) is 5.27. The molecule has 0 saturated heterocycles. The molecule has 100 valence electrons. The molecule has 0 radical (unpaired) electrons. The van der Waals surface area contributed by atoms with Crippen LogP contribution in [0, 0.1) is 0 Å². The van der Waals surface area contributed by atoms with E-state index in [1.165, 1.54) is 12.8 Å². The summed E-state index contributed by atoms with van der Waals surface area (Å²) in [4.78, 5) is 4.55. The Balaban J connectivity index is 0. The predicted molar refractivity (Wildman–Crippen MR) is 65.5 cm³/mol. The minimum absolute atomic E-state index is 0.199. The van der Waals surface area contributed by atoms with Crippen LogP contribution in [0.2, 0.25) is 0 Å². The highest BCUT2D eigenvalue weighted by Gasteiger charge is 1.99. The third-order valence-corrected chi connectivity index (χ3v) is 1.93. The molecule has 5 heteroatoms. The van der Waals surface area contributed by atoms with Crippen molar-refractivity contribution in [3.05, 3.63) is 0 Å². The monoisotopic (exact) mass is 236 g/mol. The summed E-state index contributed by atoms with van der Waals surface area (Å²) in [6.07, 6.45) is 3.29. The molecule has 0 aliphatic rings. The van der Waals surface area contributed by atoms with Gasteiger partial charge in [-0.3, -0.25) is 0 Å². The van der Waals surface area contributed by atoms with E-state index in [9.17, 15) is 0 Å². The Morgan fingerprint density at radius 2 is 1.75 bits per heavy atom. The molecule has 0 aromatic rings. The SMILES string of the molecule is CCCCC(C)ON.COC(C)OC(C)N. The Morgan fingerprint density at radius 1 is 1.19 bits per heavy atom. The second-order valence-electron chi connectivity index (χ2n) is 3.73. The van der Waals surface area contributed by atoms with Gasteiger partial charge in [-0.05, 0) is 27.2 Å². The van der Waals surface area contributed by atoms with Crippen molar-refractivity contribution < 1.29 is 14.3 Å². The van der Waals surface area contributed by atoms with Gasteiger partial charge >= 0.3 is 0 Å². The van der Waals surface area contributed by atoms with Gasteiger partial charge < -0.3 is 20.0 Å². The number of methoxy groups -OCH3 is 1. The van der Waals surface area contributed by atoms with Crippen molar-refractivity contribution >= 4 is 0 Å². The average Bonchev–Trinajstić information content (AvgIpc) is 2.25. The number of ether oxygens (including phenoxy) is 2. The first-order chi connectivity index (χ1) is 7.47. The quantitative estimate of drug-likeness (QED) is 0.520. The molecule has 0 saturated carbocycles. The minimum atomic E-state index is -0.245. The van der Waals surface area contributed by atoms with E-state index in [1.807, 2.05) is 6.92 Å². The zero-order chi connectivity index (χ0) is 13.0. The van der Waals surface area contributed by atoms with Crippen LogP contribution < -0.4 is 11.6 Å². The highest BCUT2D eigenvalue weighted by Crippen LogP contribution is 2.00. The number of rotatable bonds is 7. The van der Waals surface area contributed by atoms with Gasteiger partial charge in [0.15, 0.2) is 6.29 Å². The lowest BCUT2D eigenvalue weighted by molar-refractivity contribution is -0.137. The molecule has 0 amide bonds. The lowest BCUT2D eigenvalue weighted by atomic mass is 10.2. The zero-order valence-electron chi connectivity index (χ0n) is 11.2. The Labute approximate surface area is 99.4 Å². The molecule has 16 heavy (non-hydrogen) atoms. The topological polar surface area (TPSA) is 79.7 Å². The van der Waals surface area contributed by atoms with E-state index >= 15 is 0 Å². The number of nitrogens with two attached hydrogens (primary N) is 2. The van der Waals surface area contributed by atoms with Crippen LogP contribution in [0.1, 0.15) is 47.0 Å². The fraction of sp³-hybridized carbons (Fsp3) is 1.00. The summed E-state index contributed by atoms with van der Waals surface area (Å²) >= 11 is 0. The van der Waals surface area contributed by atoms with Crippen molar-refractivity contribution in [1.82, 2.24) is 0 Å². The van der Waals surface area contributed by atoms with Crippen LogP contribution in [0.15, 0.2) is 0 Å². The van der Waals surface area contributed by atoms with Crippen molar-refractivity contribution in [2.75, 3.05) is 7.11 Å². The third-order valence-electron chi connectivity index (χ3n) is 1.93. The van der Waals surface area contributed by atoms with Crippen molar-refractivity contribution in [2.45, 2.75) is 65.6 Å². The van der Waals surface area contributed by atoms with Gasteiger partial charge in [0, 0.05) is 7.11 Å². The summed E-state index contributed by atoms with van der Waals surface area (Å²) in [6, 6.07) is 0. The first-order valence-corrected chi connectivity index (χ1v) is 5.77. The van der Waals surface area contributed by atoms with Crippen LogP contribution in [0.5, 0.6) is 0 Å². The molecule has 4 N–H and O–H groups in total. The first-order valence-electron chi connectivity index (χ1n) is 5.77. The van der Waals surface area contributed by atoms with E-state index in [0.29, 0.717) is 0 Å². The summed E-state index contributed by atoms with van der Waals surface area (Å²) in [5.74, 6) is 4.91. The van der Waals surface area contributed by atoms with E-state index < -0.39 is 0 Å². The molecule has 0 rings (SSSR count). The Hall–Kier alpha value is -0.200. The van der Waals surface area contributed by atoms with Crippen molar-refractivity contribution in [1.29, 1.82) is 0 Å². The van der Waals surface area contributed by atoms with Gasteiger partial charge in [-0.15, -0.1) is 0 Å². The smallest absolute Gasteiger partial charge is 0.156 e. The molecule has 0 aliphatic heterocycles. The van der Waals surface area contributed by atoms with Gasteiger partial charge in [0.2, 0.25) is 0 Å². The van der Waals surface area contributed by atoms with Gasteiger partial charge in [0.25, 0.3) is 0 Å². The molecule has 3 atom stereocenters. The fourth-order valence-corrected chi connectivity index (χ4v) is 0.917. The van der Waals surface area contributed by atoms with Crippen LogP contribution in [0.25, 0.3) is 0 Å². The maximum Gasteiger partial charge on any atom is 0.156 e. The molecule has 5 nitrogen and oxygen atoms in total. The van der Waals surface area contributed by atoms with Crippen LogP contribution in [-0.2, 0) is 14.3 Å². The lowest BCUT2D eigenvalue weighted by Crippen LogP contribution is -2.25. The molecular weight excluding hydrogens is 208 g/mol. The van der Waals surface area contributed by atoms with Crippen LogP contribution >= 0.6 is 0 Å². The summed E-state index contributed by atoms with van der Waals surface area (Å²) < 4.78 is 9.71. The second kappa shape index (κ2) is 12.9. The standard InChI is InChI=1S/C6H15NO.C5H13NO2/c1-3-4-5-6(2)8-7;1-4(6)8-5(2)7-3/h6H,3-5,7H2,1-2H3;4-5H,6H2,1-3H3.